The maximum Gasteiger partial charge on any atom is 0.312 e. The smallest absolute Gasteiger partial charge is 0.312 e. The molecular weight excluding hydrogens is 318 g/mol. The normalized spacial score (nSPS) is 11.8. The van der Waals surface area contributed by atoms with Gasteiger partial charge in [-0.25, -0.2) is 0 Å². The number of carbonyl (C=O) groups is 1. The van der Waals surface area contributed by atoms with Crippen molar-refractivity contribution in [2.24, 2.45) is 5.73 Å². The predicted molar refractivity (Wildman–Crippen MR) is 73.2 cm³/mol. The third-order valence-electron chi connectivity index (χ3n) is 2.70. The minimum atomic E-state index is -1.03. The van der Waals surface area contributed by atoms with Crippen LogP contribution in [0.15, 0.2) is 10.5 Å². The quantitative estimate of drug-likeness (QED) is 0.821. The highest BCUT2D eigenvalue weighted by Gasteiger charge is 2.29. The van der Waals surface area contributed by atoms with Gasteiger partial charge in [-0.15, -0.1) is 0 Å². The van der Waals surface area contributed by atoms with Gasteiger partial charge in [-0.1, -0.05) is 15.9 Å². The number of nitrogens with two attached hydrogens (primary N) is 1. The van der Waals surface area contributed by atoms with Crippen LogP contribution < -0.4 is 19.9 Å². The summed E-state index contributed by atoms with van der Waals surface area (Å²) in [6.07, 6.45) is 0. The summed E-state index contributed by atoms with van der Waals surface area (Å²) >= 11 is 3.32. The Labute approximate surface area is 119 Å². The van der Waals surface area contributed by atoms with Crippen molar-refractivity contribution in [2.45, 2.75) is 5.92 Å². The van der Waals surface area contributed by atoms with E-state index in [2.05, 4.69) is 15.9 Å². The molecule has 0 aliphatic heterocycles. The van der Waals surface area contributed by atoms with E-state index in [1.807, 2.05) is 0 Å². The van der Waals surface area contributed by atoms with Crippen molar-refractivity contribution < 1.29 is 24.1 Å². The summed E-state index contributed by atoms with van der Waals surface area (Å²) in [5.74, 6) is -0.858. The molecule has 0 aromatic heterocycles. The van der Waals surface area contributed by atoms with Gasteiger partial charge in [0.15, 0.2) is 11.5 Å². The van der Waals surface area contributed by atoms with Crippen molar-refractivity contribution >= 4 is 21.9 Å². The lowest BCUT2D eigenvalue weighted by Gasteiger charge is -2.20. The average molecular weight is 334 g/mol. The zero-order valence-corrected chi connectivity index (χ0v) is 12.5. The molecule has 1 aromatic rings. The third-order valence-corrected chi connectivity index (χ3v) is 3.36. The molecular formula is C12H16BrNO5. The van der Waals surface area contributed by atoms with Crippen LogP contribution in [0.5, 0.6) is 17.2 Å². The van der Waals surface area contributed by atoms with Gasteiger partial charge in [0.05, 0.1) is 27.2 Å². The van der Waals surface area contributed by atoms with Crippen molar-refractivity contribution in [3.8, 4) is 17.2 Å². The number of aliphatic carboxylic acids is 1. The molecule has 19 heavy (non-hydrogen) atoms. The van der Waals surface area contributed by atoms with Crippen LogP contribution in [0.1, 0.15) is 11.5 Å². The van der Waals surface area contributed by atoms with Gasteiger partial charge in [-0.3, -0.25) is 4.79 Å². The van der Waals surface area contributed by atoms with E-state index in [-0.39, 0.29) is 6.54 Å². The van der Waals surface area contributed by atoms with E-state index >= 15 is 0 Å². The van der Waals surface area contributed by atoms with Gasteiger partial charge < -0.3 is 25.1 Å². The standard InChI is InChI=1S/C12H16BrNO5/c1-17-8-4-7(13)9(6(5-14)12(15)16)11(19-3)10(8)18-2/h4,6H,5,14H2,1-3H3,(H,15,16). The van der Waals surface area contributed by atoms with E-state index in [1.54, 1.807) is 6.07 Å². The monoisotopic (exact) mass is 333 g/mol. The predicted octanol–water partition coefficient (Wildman–Crippen LogP) is 1.60. The van der Waals surface area contributed by atoms with Crippen LogP contribution in [-0.2, 0) is 4.79 Å². The summed E-state index contributed by atoms with van der Waals surface area (Å²) in [6, 6.07) is 1.63. The van der Waals surface area contributed by atoms with Crippen molar-refractivity contribution in [1.29, 1.82) is 0 Å². The molecule has 1 atom stereocenters. The molecule has 7 heteroatoms. The molecule has 0 radical (unpaired) electrons. The van der Waals surface area contributed by atoms with E-state index < -0.39 is 11.9 Å². The van der Waals surface area contributed by atoms with Crippen LogP contribution >= 0.6 is 15.9 Å². The average Bonchev–Trinajstić information content (AvgIpc) is 2.39. The Hall–Kier alpha value is -1.47. The number of halogens is 1. The highest BCUT2D eigenvalue weighted by Crippen LogP contribution is 2.46. The third kappa shape index (κ3) is 2.93. The zero-order chi connectivity index (χ0) is 14.6. The number of rotatable bonds is 6. The Kier molecular flexibility index (Phi) is 5.44. The van der Waals surface area contributed by atoms with Gasteiger partial charge >= 0.3 is 5.97 Å². The first kappa shape index (κ1) is 15.6. The summed E-state index contributed by atoms with van der Waals surface area (Å²) in [7, 11) is 4.37. The zero-order valence-electron chi connectivity index (χ0n) is 10.9. The van der Waals surface area contributed by atoms with Gasteiger partial charge in [0.1, 0.15) is 0 Å². The lowest BCUT2D eigenvalue weighted by atomic mass is 9.97. The molecule has 3 N–H and O–H groups in total. The fourth-order valence-electron chi connectivity index (χ4n) is 1.82. The van der Waals surface area contributed by atoms with Gasteiger partial charge in [-0.05, 0) is 6.07 Å². The number of carboxylic acid groups (broad SMARTS) is 1. The molecule has 0 spiro atoms. The number of hydrogen-bond acceptors (Lipinski definition) is 5. The summed E-state index contributed by atoms with van der Waals surface area (Å²) in [6.45, 7) is -0.0558. The molecule has 0 saturated carbocycles. The molecule has 0 fully saturated rings. The highest BCUT2D eigenvalue weighted by atomic mass is 79.9. The molecule has 0 aliphatic carbocycles. The number of carboxylic acids is 1. The van der Waals surface area contributed by atoms with Crippen LogP contribution in [0.3, 0.4) is 0 Å². The molecule has 1 unspecified atom stereocenters. The molecule has 1 aromatic carbocycles. The van der Waals surface area contributed by atoms with Crippen LogP contribution in [0.2, 0.25) is 0 Å². The topological polar surface area (TPSA) is 91.0 Å². The summed E-state index contributed by atoms with van der Waals surface area (Å²) in [4.78, 5) is 11.3. The summed E-state index contributed by atoms with van der Waals surface area (Å²) in [5.41, 5.74) is 5.96. The van der Waals surface area contributed by atoms with Crippen molar-refractivity contribution in [3.05, 3.63) is 16.1 Å². The lowest BCUT2D eigenvalue weighted by Crippen LogP contribution is -2.22. The van der Waals surface area contributed by atoms with Crippen LogP contribution in [-0.4, -0.2) is 38.9 Å². The Bertz CT molecular complexity index is 478. The van der Waals surface area contributed by atoms with Gasteiger partial charge in [0, 0.05) is 16.6 Å². The maximum absolute atomic E-state index is 11.3. The van der Waals surface area contributed by atoms with E-state index in [4.69, 9.17) is 19.9 Å². The summed E-state index contributed by atoms with van der Waals surface area (Å²) < 4.78 is 16.2. The first-order valence-electron chi connectivity index (χ1n) is 5.43. The van der Waals surface area contributed by atoms with E-state index in [1.165, 1.54) is 21.3 Å². The van der Waals surface area contributed by atoms with E-state index in [0.29, 0.717) is 27.3 Å². The van der Waals surface area contributed by atoms with E-state index in [9.17, 15) is 9.90 Å². The van der Waals surface area contributed by atoms with Gasteiger partial charge in [0.25, 0.3) is 0 Å². The SMILES string of the molecule is COc1cc(Br)c(C(CN)C(=O)O)c(OC)c1OC. The molecule has 6 nitrogen and oxygen atoms in total. The minimum Gasteiger partial charge on any atom is -0.493 e. The van der Waals surface area contributed by atoms with Crippen molar-refractivity contribution in [1.82, 2.24) is 0 Å². The number of ether oxygens (including phenoxy) is 3. The Morgan fingerprint density at radius 1 is 1.32 bits per heavy atom. The first-order valence-corrected chi connectivity index (χ1v) is 6.22. The van der Waals surface area contributed by atoms with Crippen molar-refractivity contribution in [3.63, 3.8) is 0 Å². The Balaban J connectivity index is 3.58. The number of benzene rings is 1. The molecule has 1 rings (SSSR count). The Morgan fingerprint density at radius 3 is 2.26 bits per heavy atom. The molecule has 0 amide bonds. The largest absolute Gasteiger partial charge is 0.493 e. The lowest BCUT2D eigenvalue weighted by molar-refractivity contribution is -0.138. The van der Waals surface area contributed by atoms with Crippen molar-refractivity contribution in [2.75, 3.05) is 27.9 Å². The van der Waals surface area contributed by atoms with Gasteiger partial charge in [0.2, 0.25) is 5.75 Å². The maximum atomic E-state index is 11.3. The van der Waals surface area contributed by atoms with Crippen LogP contribution in [0.25, 0.3) is 0 Å². The minimum absolute atomic E-state index is 0.0558. The number of hydrogen-bond donors (Lipinski definition) is 2. The van der Waals surface area contributed by atoms with Crippen LogP contribution in [0.4, 0.5) is 0 Å². The Morgan fingerprint density at radius 2 is 1.89 bits per heavy atom. The first-order chi connectivity index (χ1) is 9.01. The molecule has 0 heterocycles. The summed E-state index contributed by atoms with van der Waals surface area (Å²) in [5, 5.41) is 9.23. The highest BCUT2D eigenvalue weighted by molar-refractivity contribution is 9.10. The number of methoxy groups -OCH3 is 3. The second-order valence-electron chi connectivity index (χ2n) is 3.67. The molecule has 106 valence electrons. The van der Waals surface area contributed by atoms with Crippen LogP contribution in [0, 0.1) is 0 Å². The molecule has 0 saturated heterocycles. The second-order valence-corrected chi connectivity index (χ2v) is 4.52. The fourth-order valence-corrected chi connectivity index (χ4v) is 2.48. The fraction of sp³-hybridized carbons (Fsp3) is 0.417. The van der Waals surface area contributed by atoms with E-state index in [0.717, 1.165) is 0 Å². The second kappa shape index (κ2) is 6.63. The molecule has 0 aliphatic rings. The van der Waals surface area contributed by atoms with Gasteiger partial charge in [-0.2, -0.15) is 0 Å². The molecule has 0 bridgehead atoms.